The lowest BCUT2D eigenvalue weighted by Crippen LogP contribution is -2.61. The minimum absolute atomic E-state index is 0.587. The second-order valence-electron chi connectivity index (χ2n) is 7.91. The lowest BCUT2D eigenvalue weighted by molar-refractivity contribution is 0.0309. The molecule has 1 saturated heterocycles. The van der Waals surface area contributed by atoms with Crippen molar-refractivity contribution < 1.29 is 0 Å². The molecule has 0 aromatic rings. The summed E-state index contributed by atoms with van der Waals surface area (Å²) in [7, 11) is 0. The van der Waals surface area contributed by atoms with Crippen LogP contribution in [0.3, 0.4) is 0 Å². The van der Waals surface area contributed by atoms with Gasteiger partial charge in [-0.25, -0.2) is 0 Å². The third-order valence-electron chi connectivity index (χ3n) is 5.55. The molecule has 0 radical (unpaired) electrons. The summed E-state index contributed by atoms with van der Waals surface area (Å²) < 4.78 is 0. The topological polar surface area (TPSA) is 15.3 Å². The summed E-state index contributed by atoms with van der Waals surface area (Å²) >= 11 is 0. The van der Waals surface area contributed by atoms with E-state index in [2.05, 4.69) is 44.8 Å². The average Bonchev–Trinajstić information content (AvgIpc) is 2.38. The zero-order valence-electron chi connectivity index (χ0n) is 13.7. The van der Waals surface area contributed by atoms with Crippen LogP contribution >= 0.6 is 0 Å². The molecule has 0 aromatic carbocycles. The van der Waals surface area contributed by atoms with Gasteiger partial charge in [0.15, 0.2) is 0 Å². The summed E-state index contributed by atoms with van der Waals surface area (Å²) in [6, 6.07) is 2.31. The second kappa shape index (κ2) is 6.13. The zero-order chi connectivity index (χ0) is 14.0. The van der Waals surface area contributed by atoms with Gasteiger partial charge in [0.1, 0.15) is 0 Å². The van der Waals surface area contributed by atoms with Crippen LogP contribution in [0.2, 0.25) is 0 Å². The van der Waals surface area contributed by atoms with Gasteiger partial charge in [0.25, 0.3) is 0 Å². The quantitative estimate of drug-likeness (QED) is 0.838. The third kappa shape index (κ3) is 3.72. The lowest BCUT2D eigenvalue weighted by atomic mass is 9.74. The van der Waals surface area contributed by atoms with Gasteiger partial charge in [0, 0.05) is 31.2 Å². The minimum atomic E-state index is 0.587. The Labute approximate surface area is 120 Å². The maximum absolute atomic E-state index is 3.76. The Morgan fingerprint density at radius 1 is 1.21 bits per heavy atom. The molecule has 1 heterocycles. The first-order valence-corrected chi connectivity index (χ1v) is 8.42. The smallest absolute Gasteiger partial charge is 0.0221 e. The van der Waals surface area contributed by atoms with Gasteiger partial charge in [-0.1, -0.05) is 34.6 Å². The van der Waals surface area contributed by atoms with Crippen LogP contribution in [0.4, 0.5) is 0 Å². The number of nitrogens with zero attached hydrogens (tertiary/aromatic N) is 1. The van der Waals surface area contributed by atoms with Crippen LogP contribution in [-0.4, -0.2) is 36.1 Å². The van der Waals surface area contributed by atoms with Crippen molar-refractivity contribution in [3.8, 4) is 0 Å². The molecule has 0 spiro atoms. The van der Waals surface area contributed by atoms with E-state index >= 15 is 0 Å². The van der Waals surface area contributed by atoms with E-state index in [4.69, 9.17) is 0 Å². The molecule has 1 saturated carbocycles. The van der Waals surface area contributed by atoms with E-state index in [1.807, 2.05) is 0 Å². The fraction of sp³-hybridized carbons (Fsp3) is 1.00. The lowest BCUT2D eigenvalue weighted by Gasteiger charge is -2.48. The molecule has 1 aliphatic carbocycles. The van der Waals surface area contributed by atoms with Gasteiger partial charge in [-0.2, -0.15) is 0 Å². The van der Waals surface area contributed by atoms with Crippen molar-refractivity contribution in [1.82, 2.24) is 10.2 Å². The third-order valence-corrected chi connectivity index (χ3v) is 5.55. The molecule has 1 aliphatic heterocycles. The molecule has 1 N–H and O–H groups in total. The fourth-order valence-electron chi connectivity index (χ4n) is 3.83. The van der Waals surface area contributed by atoms with Crippen LogP contribution in [0.1, 0.15) is 66.7 Å². The molecule has 0 bridgehead atoms. The molecule has 112 valence electrons. The first-order valence-electron chi connectivity index (χ1n) is 8.42. The second-order valence-corrected chi connectivity index (χ2v) is 7.91. The van der Waals surface area contributed by atoms with Crippen LogP contribution in [0.5, 0.6) is 0 Å². The summed E-state index contributed by atoms with van der Waals surface area (Å²) in [4.78, 5) is 2.86. The summed E-state index contributed by atoms with van der Waals surface area (Å²) in [5, 5.41) is 3.76. The van der Waals surface area contributed by atoms with Crippen molar-refractivity contribution in [2.45, 2.75) is 84.8 Å². The van der Waals surface area contributed by atoms with Crippen LogP contribution < -0.4 is 5.32 Å². The predicted molar refractivity (Wildman–Crippen MR) is 83.5 cm³/mol. The first-order chi connectivity index (χ1) is 8.93. The maximum Gasteiger partial charge on any atom is 0.0221 e. The van der Waals surface area contributed by atoms with Crippen molar-refractivity contribution >= 4 is 0 Å². The van der Waals surface area contributed by atoms with Crippen molar-refractivity contribution in [2.24, 2.45) is 11.3 Å². The van der Waals surface area contributed by atoms with E-state index < -0.39 is 0 Å². The molecule has 2 unspecified atom stereocenters. The molecule has 2 aliphatic rings. The van der Waals surface area contributed by atoms with Gasteiger partial charge in [0.2, 0.25) is 0 Å². The summed E-state index contributed by atoms with van der Waals surface area (Å²) in [6.07, 6.45) is 6.93. The Kier molecular flexibility index (Phi) is 4.94. The molecule has 19 heavy (non-hydrogen) atoms. The average molecular weight is 266 g/mol. The molecule has 0 amide bonds. The molecule has 2 atom stereocenters. The highest BCUT2D eigenvalue weighted by Gasteiger charge is 2.36. The van der Waals surface area contributed by atoms with E-state index in [0.29, 0.717) is 11.5 Å². The highest BCUT2D eigenvalue weighted by molar-refractivity contribution is 4.93. The Morgan fingerprint density at radius 2 is 1.84 bits per heavy atom. The number of nitrogens with one attached hydrogen (secondary N) is 1. The zero-order valence-corrected chi connectivity index (χ0v) is 13.7. The molecular weight excluding hydrogens is 232 g/mol. The fourth-order valence-corrected chi connectivity index (χ4v) is 3.83. The predicted octanol–water partition coefficient (Wildman–Crippen LogP) is 3.66. The Morgan fingerprint density at radius 3 is 2.37 bits per heavy atom. The number of hydrogen-bond donors (Lipinski definition) is 1. The number of hydrogen-bond acceptors (Lipinski definition) is 2. The monoisotopic (exact) mass is 266 g/mol. The highest BCUT2D eigenvalue weighted by atomic mass is 15.3. The van der Waals surface area contributed by atoms with Crippen molar-refractivity contribution in [1.29, 1.82) is 0 Å². The number of rotatable bonds is 3. The van der Waals surface area contributed by atoms with E-state index in [1.165, 1.54) is 45.2 Å². The van der Waals surface area contributed by atoms with E-state index in [-0.39, 0.29) is 0 Å². The standard InChI is InChI=1S/C17H34N2/c1-6-14-11-18-16(13(2)3)12-19(14)15-7-9-17(4,5)10-8-15/h13-16,18H,6-12H2,1-5H3. The number of piperazine rings is 1. The normalized spacial score (nSPS) is 33.8. The largest absolute Gasteiger partial charge is 0.311 e. The first kappa shape index (κ1) is 15.3. The van der Waals surface area contributed by atoms with Crippen LogP contribution in [0.25, 0.3) is 0 Å². The molecular formula is C17H34N2. The van der Waals surface area contributed by atoms with E-state index in [9.17, 15) is 0 Å². The SMILES string of the molecule is CCC1CNC(C(C)C)CN1C1CCC(C)(C)CC1. The van der Waals surface area contributed by atoms with Crippen molar-refractivity contribution in [3.63, 3.8) is 0 Å². The molecule has 2 nitrogen and oxygen atoms in total. The highest BCUT2D eigenvalue weighted by Crippen LogP contribution is 2.38. The minimum Gasteiger partial charge on any atom is -0.311 e. The maximum atomic E-state index is 3.76. The van der Waals surface area contributed by atoms with Gasteiger partial charge < -0.3 is 5.32 Å². The summed E-state index contributed by atoms with van der Waals surface area (Å²) in [5.41, 5.74) is 0.587. The van der Waals surface area contributed by atoms with Gasteiger partial charge in [-0.15, -0.1) is 0 Å². The van der Waals surface area contributed by atoms with Gasteiger partial charge in [-0.05, 0) is 43.4 Å². The van der Waals surface area contributed by atoms with Crippen molar-refractivity contribution in [3.05, 3.63) is 0 Å². The van der Waals surface area contributed by atoms with E-state index in [1.54, 1.807) is 0 Å². The molecule has 0 aromatic heterocycles. The van der Waals surface area contributed by atoms with Crippen LogP contribution in [0, 0.1) is 11.3 Å². The Bertz CT molecular complexity index is 275. The van der Waals surface area contributed by atoms with Crippen LogP contribution in [-0.2, 0) is 0 Å². The van der Waals surface area contributed by atoms with Crippen LogP contribution in [0.15, 0.2) is 0 Å². The van der Waals surface area contributed by atoms with Gasteiger partial charge in [-0.3, -0.25) is 4.90 Å². The van der Waals surface area contributed by atoms with Gasteiger partial charge >= 0.3 is 0 Å². The molecule has 2 rings (SSSR count). The van der Waals surface area contributed by atoms with Gasteiger partial charge in [0.05, 0.1) is 0 Å². The Hall–Kier alpha value is -0.0800. The van der Waals surface area contributed by atoms with Crippen molar-refractivity contribution in [2.75, 3.05) is 13.1 Å². The van der Waals surface area contributed by atoms with E-state index in [0.717, 1.165) is 18.0 Å². The summed E-state index contributed by atoms with van der Waals surface area (Å²) in [6.45, 7) is 14.4. The molecule has 2 fully saturated rings. The molecule has 2 heteroatoms. The summed E-state index contributed by atoms with van der Waals surface area (Å²) in [5.74, 6) is 0.750. The Balaban J connectivity index is 1.98.